The van der Waals surface area contributed by atoms with Crippen LogP contribution in [0.1, 0.15) is 39.5 Å². The normalized spacial score (nSPS) is 10.4. The molecule has 1 amide bonds. The number of esters is 1. The predicted octanol–water partition coefficient (Wildman–Crippen LogP) is 3.68. The van der Waals surface area contributed by atoms with Crippen LogP contribution < -0.4 is 14.8 Å². The first-order valence-electron chi connectivity index (χ1n) is 9.34. The van der Waals surface area contributed by atoms with Gasteiger partial charge in [-0.3, -0.25) is 4.79 Å². The summed E-state index contributed by atoms with van der Waals surface area (Å²) in [7, 11) is 0. The van der Waals surface area contributed by atoms with Gasteiger partial charge in [0, 0.05) is 16.3 Å². The third kappa shape index (κ3) is 6.27. The first-order valence-corrected chi connectivity index (χ1v) is 10.2. The van der Waals surface area contributed by atoms with Crippen LogP contribution in [0.15, 0.2) is 24.3 Å². The van der Waals surface area contributed by atoms with Crippen molar-refractivity contribution in [3.63, 3.8) is 0 Å². The van der Waals surface area contributed by atoms with Gasteiger partial charge in [-0.1, -0.05) is 6.07 Å². The van der Waals surface area contributed by atoms with Gasteiger partial charge in [0.2, 0.25) is 0 Å². The molecule has 0 fully saturated rings. The molecule has 0 aliphatic heterocycles. The SMILES string of the molecule is CCOc1ccc(CCNC(=O)COC(=O)c2cc(C)sc2C)cc1OCC. The number of amides is 1. The number of benzene rings is 1. The van der Waals surface area contributed by atoms with Crippen LogP contribution in [0, 0.1) is 13.8 Å². The number of carbonyl (C=O) groups excluding carboxylic acids is 2. The minimum atomic E-state index is -0.468. The zero-order valence-electron chi connectivity index (χ0n) is 16.8. The molecule has 0 bridgehead atoms. The van der Waals surface area contributed by atoms with E-state index in [4.69, 9.17) is 14.2 Å². The predicted molar refractivity (Wildman–Crippen MR) is 110 cm³/mol. The van der Waals surface area contributed by atoms with Crippen LogP contribution in [-0.2, 0) is 16.0 Å². The summed E-state index contributed by atoms with van der Waals surface area (Å²) in [5, 5.41) is 2.76. The van der Waals surface area contributed by atoms with Gasteiger partial charge in [0.15, 0.2) is 18.1 Å². The van der Waals surface area contributed by atoms with E-state index < -0.39 is 5.97 Å². The van der Waals surface area contributed by atoms with Crippen LogP contribution in [0.2, 0.25) is 0 Å². The summed E-state index contributed by atoms with van der Waals surface area (Å²) in [5.74, 6) is 0.616. The Morgan fingerprint density at radius 3 is 2.39 bits per heavy atom. The number of hydrogen-bond donors (Lipinski definition) is 1. The van der Waals surface area contributed by atoms with Crippen molar-refractivity contribution in [2.24, 2.45) is 0 Å². The number of hydrogen-bond acceptors (Lipinski definition) is 6. The molecule has 152 valence electrons. The monoisotopic (exact) mass is 405 g/mol. The molecule has 1 aromatic heterocycles. The Hall–Kier alpha value is -2.54. The third-order valence-electron chi connectivity index (χ3n) is 3.94. The Labute approximate surface area is 169 Å². The zero-order valence-corrected chi connectivity index (χ0v) is 17.6. The van der Waals surface area contributed by atoms with Gasteiger partial charge in [-0.05, 0) is 57.9 Å². The van der Waals surface area contributed by atoms with E-state index in [1.807, 2.05) is 45.9 Å². The third-order valence-corrected chi connectivity index (χ3v) is 4.90. The largest absolute Gasteiger partial charge is 0.490 e. The summed E-state index contributed by atoms with van der Waals surface area (Å²) in [6.07, 6.45) is 0.634. The van der Waals surface area contributed by atoms with Crippen molar-refractivity contribution in [3.05, 3.63) is 45.1 Å². The van der Waals surface area contributed by atoms with Crippen molar-refractivity contribution in [2.45, 2.75) is 34.1 Å². The zero-order chi connectivity index (χ0) is 20.5. The Balaban J connectivity index is 1.79. The summed E-state index contributed by atoms with van der Waals surface area (Å²) in [6, 6.07) is 7.52. The second kappa shape index (κ2) is 10.7. The molecule has 0 unspecified atom stereocenters. The lowest BCUT2D eigenvalue weighted by Crippen LogP contribution is -2.30. The molecule has 2 rings (SSSR count). The van der Waals surface area contributed by atoms with Crippen LogP contribution in [0.3, 0.4) is 0 Å². The van der Waals surface area contributed by atoms with Gasteiger partial charge in [-0.15, -0.1) is 11.3 Å². The maximum atomic E-state index is 12.0. The fourth-order valence-electron chi connectivity index (χ4n) is 2.69. The van der Waals surface area contributed by atoms with E-state index in [0.717, 1.165) is 15.3 Å². The molecular weight excluding hydrogens is 378 g/mol. The van der Waals surface area contributed by atoms with E-state index in [1.54, 1.807) is 6.07 Å². The highest BCUT2D eigenvalue weighted by Gasteiger charge is 2.15. The molecule has 0 aliphatic carbocycles. The number of thiophene rings is 1. The molecule has 0 radical (unpaired) electrons. The van der Waals surface area contributed by atoms with Gasteiger partial charge in [0.05, 0.1) is 18.8 Å². The Morgan fingerprint density at radius 1 is 1.04 bits per heavy atom. The Bertz CT molecular complexity index is 815. The van der Waals surface area contributed by atoms with Crippen molar-refractivity contribution >= 4 is 23.2 Å². The highest BCUT2D eigenvalue weighted by atomic mass is 32.1. The van der Waals surface area contributed by atoms with E-state index in [1.165, 1.54) is 11.3 Å². The molecule has 6 nitrogen and oxygen atoms in total. The second-order valence-electron chi connectivity index (χ2n) is 6.15. The van der Waals surface area contributed by atoms with Crippen LogP contribution in [0.25, 0.3) is 0 Å². The lowest BCUT2D eigenvalue weighted by molar-refractivity contribution is -0.124. The van der Waals surface area contributed by atoms with Gasteiger partial charge < -0.3 is 19.5 Å². The summed E-state index contributed by atoms with van der Waals surface area (Å²) in [4.78, 5) is 25.9. The fraction of sp³-hybridized carbons (Fsp3) is 0.429. The molecule has 0 aliphatic rings. The maximum absolute atomic E-state index is 12.0. The molecule has 28 heavy (non-hydrogen) atoms. The lowest BCUT2D eigenvalue weighted by Gasteiger charge is -2.12. The van der Waals surface area contributed by atoms with Gasteiger partial charge in [0.1, 0.15) is 0 Å². The average Bonchev–Trinajstić information content (AvgIpc) is 3.00. The van der Waals surface area contributed by atoms with Gasteiger partial charge in [-0.25, -0.2) is 4.79 Å². The molecule has 1 aromatic carbocycles. The quantitative estimate of drug-likeness (QED) is 0.611. The van der Waals surface area contributed by atoms with Crippen molar-refractivity contribution in [1.82, 2.24) is 5.32 Å². The van der Waals surface area contributed by atoms with Crippen molar-refractivity contribution in [2.75, 3.05) is 26.4 Å². The molecule has 0 spiro atoms. The summed E-state index contributed by atoms with van der Waals surface area (Å²) in [6.45, 7) is 8.90. The summed E-state index contributed by atoms with van der Waals surface area (Å²) < 4.78 is 16.3. The number of ether oxygens (including phenoxy) is 3. The van der Waals surface area contributed by atoms with Crippen molar-refractivity contribution < 1.29 is 23.8 Å². The minimum absolute atomic E-state index is 0.291. The summed E-state index contributed by atoms with van der Waals surface area (Å²) in [5.41, 5.74) is 1.54. The highest BCUT2D eigenvalue weighted by Crippen LogP contribution is 2.28. The van der Waals surface area contributed by atoms with Gasteiger partial charge >= 0.3 is 5.97 Å². The first-order chi connectivity index (χ1) is 13.4. The van der Waals surface area contributed by atoms with E-state index in [0.29, 0.717) is 43.2 Å². The van der Waals surface area contributed by atoms with Crippen LogP contribution in [0.4, 0.5) is 0 Å². The smallest absolute Gasteiger partial charge is 0.339 e. The highest BCUT2D eigenvalue weighted by molar-refractivity contribution is 7.12. The molecule has 0 atom stereocenters. The number of rotatable bonds is 10. The van der Waals surface area contributed by atoms with Crippen LogP contribution >= 0.6 is 11.3 Å². The fourth-order valence-corrected chi connectivity index (χ4v) is 3.60. The molecule has 1 heterocycles. The van der Waals surface area contributed by atoms with Gasteiger partial charge in [0.25, 0.3) is 5.91 Å². The Morgan fingerprint density at radius 2 is 1.75 bits per heavy atom. The molecule has 0 saturated heterocycles. The first kappa shape index (κ1) is 21.8. The van der Waals surface area contributed by atoms with Crippen LogP contribution in [-0.4, -0.2) is 38.2 Å². The van der Waals surface area contributed by atoms with E-state index in [2.05, 4.69) is 5.32 Å². The minimum Gasteiger partial charge on any atom is -0.490 e. The maximum Gasteiger partial charge on any atom is 0.339 e. The topological polar surface area (TPSA) is 73.9 Å². The molecule has 7 heteroatoms. The van der Waals surface area contributed by atoms with Crippen molar-refractivity contribution in [1.29, 1.82) is 0 Å². The molecule has 1 N–H and O–H groups in total. The van der Waals surface area contributed by atoms with Crippen molar-refractivity contribution in [3.8, 4) is 11.5 Å². The van der Waals surface area contributed by atoms with Crippen LogP contribution in [0.5, 0.6) is 11.5 Å². The Kier molecular flexibility index (Phi) is 8.32. The number of aryl methyl sites for hydroxylation is 2. The summed E-state index contributed by atoms with van der Waals surface area (Å²) >= 11 is 1.53. The molecule has 0 saturated carbocycles. The van der Waals surface area contributed by atoms with E-state index >= 15 is 0 Å². The standard InChI is InChI=1S/C21H27NO5S/c1-5-25-18-8-7-16(12-19(18)26-6-2)9-10-22-20(23)13-27-21(24)17-11-14(3)28-15(17)4/h7-8,11-12H,5-6,9-10,13H2,1-4H3,(H,22,23). The number of nitrogens with one attached hydrogen (secondary N) is 1. The average molecular weight is 406 g/mol. The lowest BCUT2D eigenvalue weighted by atomic mass is 10.1. The second-order valence-corrected chi connectivity index (χ2v) is 7.61. The number of carbonyl (C=O) groups is 2. The van der Waals surface area contributed by atoms with E-state index in [9.17, 15) is 9.59 Å². The van der Waals surface area contributed by atoms with E-state index in [-0.39, 0.29) is 12.5 Å². The van der Waals surface area contributed by atoms with Gasteiger partial charge in [-0.2, -0.15) is 0 Å². The molecule has 2 aromatic rings. The molecular formula is C21H27NO5S.